The SMILES string of the molecule is CCOC(=O)/C(C#N)=C(\SC)N(C)Cc1ccccc1. The van der Waals surface area contributed by atoms with Crippen molar-refractivity contribution < 1.29 is 9.53 Å². The van der Waals surface area contributed by atoms with Gasteiger partial charge in [0.25, 0.3) is 0 Å². The Morgan fingerprint density at radius 2 is 2.05 bits per heavy atom. The van der Waals surface area contributed by atoms with Gasteiger partial charge in [-0.15, -0.1) is 11.8 Å². The average Bonchev–Trinajstić information content (AvgIpc) is 2.45. The lowest BCUT2D eigenvalue weighted by Crippen LogP contribution is -2.20. The summed E-state index contributed by atoms with van der Waals surface area (Å²) in [7, 11) is 1.86. The number of esters is 1. The van der Waals surface area contributed by atoms with E-state index in [1.807, 2.05) is 54.6 Å². The molecule has 0 amide bonds. The van der Waals surface area contributed by atoms with Crippen LogP contribution in [0.3, 0.4) is 0 Å². The van der Waals surface area contributed by atoms with Crippen LogP contribution < -0.4 is 0 Å². The number of ether oxygens (including phenoxy) is 1. The molecule has 5 heteroatoms. The molecular formula is C15H18N2O2S. The number of carbonyl (C=O) groups is 1. The van der Waals surface area contributed by atoms with Crippen LogP contribution >= 0.6 is 11.8 Å². The van der Waals surface area contributed by atoms with Gasteiger partial charge in [0.1, 0.15) is 6.07 Å². The van der Waals surface area contributed by atoms with Crippen molar-refractivity contribution in [1.82, 2.24) is 4.90 Å². The topological polar surface area (TPSA) is 53.3 Å². The number of thioether (sulfide) groups is 1. The van der Waals surface area contributed by atoms with E-state index in [1.54, 1.807) is 6.92 Å². The summed E-state index contributed by atoms with van der Waals surface area (Å²) in [5.74, 6) is -0.570. The Balaban J connectivity index is 2.98. The van der Waals surface area contributed by atoms with Gasteiger partial charge >= 0.3 is 5.97 Å². The van der Waals surface area contributed by atoms with Crippen LogP contribution in [0.5, 0.6) is 0 Å². The number of nitrogens with zero attached hydrogens (tertiary/aromatic N) is 2. The zero-order valence-electron chi connectivity index (χ0n) is 11.9. The van der Waals surface area contributed by atoms with Crippen molar-refractivity contribution in [3.05, 3.63) is 46.5 Å². The maximum absolute atomic E-state index is 11.8. The summed E-state index contributed by atoms with van der Waals surface area (Å²) in [6, 6.07) is 11.8. The Labute approximate surface area is 124 Å². The molecule has 1 aromatic rings. The van der Waals surface area contributed by atoms with E-state index >= 15 is 0 Å². The van der Waals surface area contributed by atoms with Crippen LogP contribution in [-0.2, 0) is 16.1 Å². The third kappa shape index (κ3) is 4.32. The van der Waals surface area contributed by atoms with E-state index < -0.39 is 5.97 Å². The lowest BCUT2D eigenvalue weighted by Gasteiger charge is -2.22. The molecule has 0 aliphatic heterocycles. The van der Waals surface area contributed by atoms with Gasteiger partial charge in [0.2, 0.25) is 0 Å². The summed E-state index contributed by atoms with van der Waals surface area (Å²) in [6.45, 7) is 2.61. The first kappa shape index (κ1) is 16.1. The first-order valence-corrected chi connectivity index (χ1v) is 7.47. The monoisotopic (exact) mass is 290 g/mol. The van der Waals surface area contributed by atoms with Crippen molar-refractivity contribution in [3.63, 3.8) is 0 Å². The highest BCUT2D eigenvalue weighted by molar-refractivity contribution is 8.02. The lowest BCUT2D eigenvalue weighted by molar-refractivity contribution is -0.138. The van der Waals surface area contributed by atoms with Gasteiger partial charge in [-0.05, 0) is 18.7 Å². The number of carbonyl (C=O) groups excluding carboxylic acids is 1. The molecule has 0 aliphatic rings. The Morgan fingerprint density at radius 1 is 1.40 bits per heavy atom. The van der Waals surface area contributed by atoms with Crippen molar-refractivity contribution >= 4 is 17.7 Å². The molecule has 0 saturated carbocycles. The molecular weight excluding hydrogens is 272 g/mol. The second kappa shape index (κ2) is 8.28. The molecule has 0 heterocycles. The molecule has 0 aliphatic carbocycles. The van der Waals surface area contributed by atoms with Gasteiger partial charge in [-0.2, -0.15) is 5.26 Å². The van der Waals surface area contributed by atoms with Gasteiger partial charge in [-0.25, -0.2) is 4.79 Å². The zero-order valence-corrected chi connectivity index (χ0v) is 12.7. The van der Waals surface area contributed by atoms with E-state index in [1.165, 1.54) is 11.8 Å². The quantitative estimate of drug-likeness (QED) is 0.458. The lowest BCUT2D eigenvalue weighted by atomic mass is 10.2. The standard InChI is InChI=1S/C15H18N2O2S/c1-4-19-15(18)13(10-16)14(20-3)17(2)11-12-8-6-5-7-9-12/h5-9H,4,11H2,1-3H3/b14-13-. The Bertz CT molecular complexity index is 520. The van der Waals surface area contributed by atoms with E-state index in [-0.39, 0.29) is 12.2 Å². The second-order valence-electron chi connectivity index (χ2n) is 4.06. The van der Waals surface area contributed by atoms with Crippen molar-refractivity contribution in [2.45, 2.75) is 13.5 Å². The van der Waals surface area contributed by atoms with Crippen LogP contribution in [0.15, 0.2) is 40.9 Å². The molecule has 1 aromatic carbocycles. The van der Waals surface area contributed by atoms with E-state index in [0.29, 0.717) is 11.6 Å². The summed E-state index contributed by atoms with van der Waals surface area (Å²) in [6.07, 6.45) is 1.84. The second-order valence-corrected chi connectivity index (χ2v) is 4.85. The maximum Gasteiger partial charge on any atom is 0.351 e. The van der Waals surface area contributed by atoms with Gasteiger partial charge < -0.3 is 9.64 Å². The first-order chi connectivity index (χ1) is 9.63. The molecule has 4 nitrogen and oxygen atoms in total. The number of benzene rings is 1. The number of hydrogen-bond acceptors (Lipinski definition) is 5. The summed E-state index contributed by atoms with van der Waals surface area (Å²) in [5, 5.41) is 9.81. The van der Waals surface area contributed by atoms with E-state index in [0.717, 1.165) is 5.56 Å². The van der Waals surface area contributed by atoms with E-state index in [2.05, 4.69) is 0 Å². The molecule has 0 N–H and O–H groups in total. The average molecular weight is 290 g/mol. The highest BCUT2D eigenvalue weighted by atomic mass is 32.2. The molecule has 0 radical (unpaired) electrons. The van der Waals surface area contributed by atoms with Gasteiger partial charge in [0, 0.05) is 13.6 Å². The third-order valence-electron chi connectivity index (χ3n) is 2.61. The van der Waals surface area contributed by atoms with Crippen LogP contribution in [0.4, 0.5) is 0 Å². The van der Waals surface area contributed by atoms with Gasteiger partial charge in [-0.3, -0.25) is 0 Å². The highest BCUT2D eigenvalue weighted by Crippen LogP contribution is 2.23. The largest absolute Gasteiger partial charge is 0.462 e. The Kier molecular flexibility index (Phi) is 6.68. The predicted molar refractivity (Wildman–Crippen MR) is 80.7 cm³/mol. The molecule has 20 heavy (non-hydrogen) atoms. The molecule has 0 unspecified atom stereocenters. The predicted octanol–water partition coefficient (Wildman–Crippen LogP) is 2.78. The van der Waals surface area contributed by atoms with E-state index in [9.17, 15) is 10.1 Å². The highest BCUT2D eigenvalue weighted by Gasteiger charge is 2.19. The van der Waals surface area contributed by atoms with Crippen LogP contribution in [0, 0.1) is 11.3 Å². The summed E-state index contributed by atoms with van der Waals surface area (Å²) >= 11 is 1.37. The van der Waals surface area contributed by atoms with Crippen LogP contribution in [0.1, 0.15) is 12.5 Å². The minimum atomic E-state index is -0.570. The molecule has 106 valence electrons. The minimum Gasteiger partial charge on any atom is -0.462 e. The van der Waals surface area contributed by atoms with Crippen molar-refractivity contribution in [3.8, 4) is 6.07 Å². The van der Waals surface area contributed by atoms with Crippen LogP contribution in [0.25, 0.3) is 0 Å². The maximum atomic E-state index is 11.8. The number of rotatable bonds is 6. The van der Waals surface area contributed by atoms with Gasteiger partial charge in [-0.1, -0.05) is 30.3 Å². The van der Waals surface area contributed by atoms with Gasteiger partial charge in [0.05, 0.1) is 11.6 Å². The molecule has 0 saturated heterocycles. The van der Waals surface area contributed by atoms with Crippen LogP contribution in [-0.4, -0.2) is 30.8 Å². The molecule has 0 fully saturated rings. The first-order valence-electron chi connectivity index (χ1n) is 6.24. The minimum absolute atomic E-state index is 0.0535. The van der Waals surface area contributed by atoms with Crippen molar-refractivity contribution in [2.24, 2.45) is 0 Å². The normalized spacial score (nSPS) is 11.3. The molecule has 0 aromatic heterocycles. The fourth-order valence-corrected chi connectivity index (χ4v) is 2.47. The third-order valence-corrected chi connectivity index (χ3v) is 3.51. The van der Waals surface area contributed by atoms with E-state index in [4.69, 9.17) is 4.74 Å². The summed E-state index contributed by atoms with van der Waals surface area (Å²) < 4.78 is 4.92. The summed E-state index contributed by atoms with van der Waals surface area (Å²) in [5.41, 5.74) is 1.17. The molecule has 0 atom stereocenters. The molecule has 0 bridgehead atoms. The Morgan fingerprint density at radius 3 is 2.55 bits per heavy atom. The van der Waals surface area contributed by atoms with Crippen molar-refractivity contribution in [2.75, 3.05) is 19.9 Å². The zero-order chi connectivity index (χ0) is 15.0. The Hall–Kier alpha value is -1.93. The smallest absolute Gasteiger partial charge is 0.351 e. The van der Waals surface area contributed by atoms with Crippen molar-refractivity contribution in [1.29, 1.82) is 5.26 Å². The molecule has 0 spiro atoms. The number of hydrogen-bond donors (Lipinski definition) is 0. The summed E-state index contributed by atoms with van der Waals surface area (Å²) in [4.78, 5) is 13.7. The fraction of sp³-hybridized carbons (Fsp3) is 0.333. The van der Waals surface area contributed by atoms with Gasteiger partial charge in [0.15, 0.2) is 5.57 Å². The van der Waals surface area contributed by atoms with Crippen LogP contribution in [0.2, 0.25) is 0 Å². The molecule has 1 rings (SSSR count). The number of nitriles is 1. The fourth-order valence-electron chi connectivity index (χ4n) is 1.76.